The van der Waals surface area contributed by atoms with Crippen LogP contribution in [-0.4, -0.2) is 18.1 Å². The molecule has 0 unspecified atom stereocenters. The first-order chi connectivity index (χ1) is 5.66. The fourth-order valence-corrected chi connectivity index (χ4v) is 0.948. The van der Waals surface area contributed by atoms with E-state index in [1.165, 1.54) is 13.3 Å². The van der Waals surface area contributed by atoms with Gasteiger partial charge >= 0.3 is 51.4 Å². The molecule has 0 bridgehead atoms. The number of aryl methyl sites for hydroxylation is 1. The summed E-state index contributed by atoms with van der Waals surface area (Å²) >= 11 is 0. The van der Waals surface area contributed by atoms with Crippen LogP contribution >= 0.6 is 0 Å². The maximum atomic E-state index is 10.5. The molecule has 0 fully saturated rings. The van der Waals surface area contributed by atoms with Crippen LogP contribution in [0.15, 0.2) is 12.3 Å². The van der Waals surface area contributed by atoms with Crippen LogP contribution < -0.4 is 61.2 Å². The summed E-state index contributed by atoms with van der Waals surface area (Å²) in [5.74, 6) is -1.06. The predicted molar refractivity (Wildman–Crippen MR) is 39.9 cm³/mol. The van der Waals surface area contributed by atoms with E-state index in [-0.39, 0.29) is 62.8 Å². The third kappa shape index (κ3) is 3.03. The second-order valence-corrected chi connectivity index (χ2v) is 2.30. The Hall–Kier alpha value is 0.0564. The van der Waals surface area contributed by atoms with Crippen molar-refractivity contribution in [1.82, 2.24) is 4.98 Å². The normalized spacial score (nSPS) is 8.77. The van der Waals surface area contributed by atoms with Crippen molar-refractivity contribution >= 4 is 5.97 Å². The van der Waals surface area contributed by atoms with E-state index in [0.717, 1.165) is 5.56 Å². The number of ether oxygens (including phenoxy) is 1. The van der Waals surface area contributed by atoms with Crippen molar-refractivity contribution < 1.29 is 66.0 Å². The number of nitrogens with zero attached hydrogens (tertiary/aromatic N) is 1. The Morgan fingerprint density at radius 2 is 2.23 bits per heavy atom. The molecule has 0 spiro atoms. The fourth-order valence-electron chi connectivity index (χ4n) is 0.948. The minimum absolute atomic E-state index is 0. The van der Waals surface area contributed by atoms with Gasteiger partial charge in [0.25, 0.3) is 0 Å². The molecule has 4 nitrogen and oxygen atoms in total. The van der Waals surface area contributed by atoms with Gasteiger partial charge in [-0.3, -0.25) is 4.98 Å². The third-order valence-electron chi connectivity index (χ3n) is 1.50. The first-order valence-electron chi connectivity index (χ1n) is 3.37. The van der Waals surface area contributed by atoms with Gasteiger partial charge in [0.2, 0.25) is 0 Å². The van der Waals surface area contributed by atoms with Gasteiger partial charge in [-0.25, -0.2) is 0 Å². The average molecular weight is 205 g/mol. The number of pyridine rings is 1. The second kappa shape index (κ2) is 5.72. The smallest absolute Gasteiger partial charge is 0.543 e. The van der Waals surface area contributed by atoms with Gasteiger partial charge < -0.3 is 14.6 Å². The molecule has 0 aromatic carbocycles. The second-order valence-electron chi connectivity index (χ2n) is 2.30. The van der Waals surface area contributed by atoms with Crippen LogP contribution in [0.3, 0.4) is 0 Å². The van der Waals surface area contributed by atoms with Crippen molar-refractivity contribution in [2.45, 2.75) is 6.92 Å². The number of hydrogen-bond donors (Lipinski definition) is 0. The van der Waals surface area contributed by atoms with Gasteiger partial charge in [0, 0.05) is 6.20 Å². The zero-order valence-corrected chi connectivity index (χ0v) is 10.9. The number of hydrogen-bond acceptors (Lipinski definition) is 4. The summed E-state index contributed by atoms with van der Waals surface area (Å²) in [6.07, 6.45) is 1.41. The minimum Gasteiger partial charge on any atom is -0.543 e. The molecule has 0 radical (unpaired) electrons. The molecule has 0 aliphatic heterocycles. The van der Waals surface area contributed by atoms with Gasteiger partial charge in [-0.15, -0.1) is 0 Å². The number of carboxylic acids is 1. The van der Waals surface area contributed by atoms with Crippen LogP contribution in [0.4, 0.5) is 0 Å². The largest absolute Gasteiger partial charge is 1.00 e. The summed E-state index contributed by atoms with van der Waals surface area (Å²) < 4.78 is 4.85. The van der Waals surface area contributed by atoms with Crippen molar-refractivity contribution in [3.05, 3.63) is 23.5 Å². The molecule has 0 aliphatic rings. The van der Waals surface area contributed by atoms with E-state index >= 15 is 0 Å². The quantitative estimate of drug-likeness (QED) is 0.476. The van der Waals surface area contributed by atoms with Gasteiger partial charge in [0.05, 0.1) is 13.1 Å². The Kier molecular flexibility index (Phi) is 5.74. The van der Waals surface area contributed by atoms with Crippen LogP contribution in [0.1, 0.15) is 16.1 Å². The molecule has 0 N–H and O–H groups in total. The number of carbonyl (C=O) groups excluding carboxylic acids is 1. The van der Waals surface area contributed by atoms with E-state index in [2.05, 4.69) is 4.98 Å². The molecule has 0 atom stereocenters. The maximum Gasteiger partial charge on any atom is 1.00 e. The number of rotatable bonds is 2. The van der Waals surface area contributed by atoms with E-state index in [1.54, 1.807) is 13.0 Å². The molecule has 1 aromatic rings. The average Bonchev–Trinajstić information content (AvgIpc) is 2.03. The molecule has 0 saturated heterocycles. The van der Waals surface area contributed by atoms with Gasteiger partial charge in [0.1, 0.15) is 11.4 Å². The number of methoxy groups -OCH3 is 1. The van der Waals surface area contributed by atoms with Gasteiger partial charge in [-0.2, -0.15) is 0 Å². The van der Waals surface area contributed by atoms with E-state index < -0.39 is 5.97 Å². The number of carbonyl (C=O) groups is 1. The molecule has 1 aromatic heterocycles. The van der Waals surface area contributed by atoms with Gasteiger partial charge in [0.15, 0.2) is 0 Å². The van der Waals surface area contributed by atoms with Crippen molar-refractivity contribution in [2.24, 2.45) is 0 Å². The monoisotopic (exact) mass is 205 g/mol. The first-order valence-corrected chi connectivity index (χ1v) is 3.37. The molecule has 0 saturated carbocycles. The van der Waals surface area contributed by atoms with Crippen LogP contribution in [0.25, 0.3) is 0 Å². The standard InChI is InChI=1S/C8H9NO3.K/c1-5-3-4-9-6(8(10)11)7(5)12-2;/h3-4H,1-2H3,(H,10,11);/q;+1/p-1. The van der Waals surface area contributed by atoms with E-state index in [1.807, 2.05) is 0 Å². The number of aromatic nitrogens is 1. The van der Waals surface area contributed by atoms with E-state index in [0.29, 0.717) is 0 Å². The summed E-state index contributed by atoms with van der Waals surface area (Å²) in [4.78, 5) is 14.1. The van der Waals surface area contributed by atoms with Crippen molar-refractivity contribution in [1.29, 1.82) is 0 Å². The minimum atomic E-state index is -1.32. The topological polar surface area (TPSA) is 62.2 Å². The van der Waals surface area contributed by atoms with Crippen molar-refractivity contribution in [3.8, 4) is 5.75 Å². The maximum absolute atomic E-state index is 10.5. The van der Waals surface area contributed by atoms with Crippen molar-refractivity contribution in [3.63, 3.8) is 0 Å². The fraction of sp³-hybridized carbons (Fsp3) is 0.250. The Balaban J connectivity index is 0.00000144. The van der Waals surface area contributed by atoms with E-state index in [9.17, 15) is 9.90 Å². The first kappa shape index (κ1) is 13.1. The Labute approximate surface area is 119 Å². The van der Waals surface area contributed by atoms with Crippen LogP contribution in [0.2, 0.25) is 0 Å². The summed E-state index contributed by atoms with van der Waals surface area (Å²) in [5.41, 5.74) is 0.573. The van der Waals surface area contributed by atoms with Gasteiger partial charge in [-0.1, -0.05) is 0 Å². The molecule has 1 heterocycles. The van der Waals surface area contributed by atoms with Crippen LogP contribution in [-0.2, 0) is 0 Å². The molecule has 0 aliphatic carbocycles. The zero-order chi connectivity index (χ0) is 9.14. The van der Waals surface area contributed by atoms with E-state index in [4.69, 9.17) is 4.74 Å². The molecule has 13 heavy (non-hydrogen) atoms. The van der Waals surface area contributed by atoms with Gasteiger partial charge in [-0.05, 0) is 18.6 Å². The Morgan fingerprint density at radius 3 is 2.62 bits per heavy atom. The molecular formula is C8H8KNO3. The third-order valence-corrected chi connectivity index (χ3v) is 1.50. The Bertz CT molecular complexity index is 314. The SMILES string of the molecule is COc1c(C)ccnc1C(=O)[O-].[K+]. The van der Waals surface area contributed by atoms with Crippen molar-refractivity contribution in [2.75, 3.05) is 7.11 Å². The number of carboxylic acid groups (broad SMARTS) is 1. The molecule has 64 valence electrons. The predicted octanol–water partition coefficient (Wildman–Crippen LogP) is -3.23. The Morgan fingerprint density at radius 1 is 1.62 bits per heavy atom. The molecule has 1 rings (SSSR count). The summed E-state index contributed by atoms with van der Waals surface area (Å²) in [7, 11) is 1.40. The summed E-state index contributed by atoms with van der Waals surface area (Å²) in [6, 6.07) is 1.67. The molecule has 0 amide bonds. The molecular weight excluding hydrogens is 197 g/mol. The number of aromatic carboxylic acids is 1. The van der Waals surface area contributed by atoms with Crippen LogP contribution in [0, 0.1) is 6.92 Å². The van der Waals surface area contributed by atoms with Crippen LogP contribution in [0.5, 0.6) is 5.75 Å². The summed E-state index contributed by atoms with van der Waals surface area (Å²) in [6.45, 7) is 1.74. The summed E-state index contributed by atoms with van der Waals surface area (Å²) in [5, 5.41) is 10.5. The zero-order valence-electron chi connectivity index (χ0n) is 7.83. The molecule has 5 heteroatoms.